The van der Waals surface area contributed by atoms with Crippen LogP contribution in [0.3, 0.4) is 0 Å². The summed E-state index contributed by atoms with van der Waals surface area (Å²) in [5.74, 6) is 0.935. The molecule has 0 spiro atoms. The van der Waals surface area contributed by atoms with Crippen molar-refractivity contribution in [1.82, 2.24) is 9.97 Å². The average Bonchev–Trinajstić information content (AvgIpc) is 3.02. The van der Waals surface area contributed by atoms with Gasteiger partial charge in [0.25, 0.3) is 5.82 Å². The van der Waals surface area contributed by atoms with Gasteiger partial charge in [0.2, 0.25) is 0 Å². The monoisotopic (exact) mass is 423 g/mol. The van der Waals surface area contributed by atoms with Crippen LogP contribution < -0.4 is 9.47 Å². The molecule has 1 aliphatic heterocycles. The van der Waals surface area contributed by atoms with Crippen molar-refractivity contribution in [3.8, 4) is 0 Å². The highest BCUT2D eigenvalue weighted by molar-refractivity contribution is 5.71. The molecule has 7 heteroatoms. The lowest BCUT2D eigenvalue weighted by Crippen LogP contribution is -2.45. The second-order valence-corrected chi connectivity index (χ2v) is 7.30. The van der Waals surface area contributed by atoms with Crippen LogP contribution in [0.2, 0.25) is 0 Å². The Morgan fingerprint density at radius 3 is 2.68 bits per heavy atom. The van der Waals surface area contributed by atoms with Gasteiger partial charge in [-0.2, -0.15) is 13.2 Å². The first-order chi connectivity index (χ1) is 14.9. The number of fused-ring (bicyclic) bond motifs is 1. The lowest BCUT2D eigenvalue weighted by atomic mass is 9.95. The number of nitrogens with zero attached hydrogens (tertiary/aromatic N) is 4. The number of allylic oxidation sites excluding steroid dienone is 7. The Balaban J connectivity index is 1.80. The minimum absolute atomic E-state index is 0.182. The molecule has 2 aromatic heterocycles. The van der Waals surface area contributed by atoms with Crippen LogP contribution in [0.1, 0.15) is 25.3 Å². The summed E-state index contributed by atoms with van der Waals surface area (Å²) in [4.78, 5) is 10.2. The smallest absolute Gasteiger partial charge is 0.244 e. The van der Waals surface area contributed by atoms with E-state index in [4.69, 9.17) is 0 Å². The molecule has 0 unspecified atom stereocenters. The molecule has 0 aromatic carbocycles. The van der Waals surface area contributed by atoms with E-state index in [1.54, 1.807) is 24.5 Å². The summed E-state index contributed by atoms with van der Waals surface area (Å²) in [5, 5.41) is 0. The van der Waals surface area contributed by atoms with Gasteiger partial charge in [-0.05, 0) is 18.1 Å². The lowest BCUT2D eigenvalue weighted by molar-refractivity contribution is -0.571. The molecule has 1 aliphatic carbocycles. The maximum atomic E-state index is 13.2. The predicted octanol–water partition coefficient (Wildman–Crippen LogP) is 5.29. The Bertz CT molecular complexity index is 1130. The number of halogens is 3. The summed E-state index contributed by atoms with van der Waals surface area (Å²) >= 11 is 0. The molecule has 4 rings (SSSR count). The van der Waals surface area contributed by atoms with Crippen molar-refractivity contribution >= 4 is 11.5 Å². The molecule has 0 fully saturated rings. The topological polar surface area (TPSA) is 32.9 Å². The fourth-order valence-electron chi connectivity index (χ4n) is 3.91. The Morgan fingerprint density at radius 2 is 1.97 bits per heavy atom. The molecule has 0 saturated heterocycles. The van der Waals surface area contributed by atoms with Gasteiger partial charge in [0.1, 0.15) is 24.3 Å². The van der Waals surface area contributed by atoms with Gasteiger partial charge in [-0.3, -0.25) is 0 Å². The zero-order chi connectivity index (χ0) is 22.0. The molecule has 0 radical (unpaired) electrons. The average molecular weight is 423 g/mol. The maximum absolute atomic E-state index is 13.2. The molecule has 3 heterocycles. The number of aromatic nitrogens is 3. The van der Waals surface area contributed by atoms with Crippen LogP contribution in [-0.4, -0.2) is 16.1 Å². The van der Waals surface area contributed by atoms with Gasteiger partial charge in [-0.15, -0.1) is 0 Å². The molecular weight excluding hydrogens is 401 g/mol. The SMILES string of the molecule is C=C1C(C2=CCC(C(F)(F)F)=CC=C2)=C(CC)[n+]2ccccc2N1Cc1cncnc1. The van der Waals surface area contributed by atoms with E-state index in [0.717, 1.165) is 40.0 Å². The lowest BCUT2D eigenvalue weighted by Gasteiger charge is -2.29. The third-order valence-corrected chi connectivity index (χ3v) is 5.37. The maximum Gasteiger partial charge on any atom is 0.412 e. The van der Waals surface area contributed by atoms with Gasteiger partial charge in [-0.25, -0.2) is 19.4 Å². The summed E-state index contributed by atoms with van der Waals surface area (Å²) in [6.45, 7) is 6.87. The highest BCUT2D eigenvalue weighted by Gasteiger charge is 2.37. The second kappa shape index (κ2) is 8.34. The quantitative estimate of drug-likeness (QED) is 0.626. The van der Waals surface area contributed by atoms with E-state index >= 15 is 0 Å². The van der Waals surface area contributed by atoms with Gasteiger partial charge in [0.05, 0.1) is 11.8 Å². The Kier molecular flexibility index (Phi) is 5.59. The molecule has 0 saturated carbocycles. The van der Waals surface area contributed by atoms with Crippen LogP contribution in [0, 0.1) is 0 Å². The number of pyridine rings is 1. The van der Waals surface area contributed by atoms with Gasteiger partial charge in [-0.1, -0.05) is 43.9 Å². The second-order valence-electron chi connectivity index (χ2n) is 7.30. The first kappa shape index (κ1) is 20.8. The van der Waals surface area contributed by atoms with Crippen molar-refractivity contribution in [3.63, 3.8) is 0 Å². The van der Waals surface area contributed by atoms with E-state index in [-0.39, 0.29) is 6.42 Å². The van der Waals surface area contributed by atoms with Gasteiger partial charge in [0.15, 0.2) is 0 Å². The van der Waals surface area contributed by atoms with Crippen LogP contribution in [0.4, 0.5) is 19.0 Å². The molecule has 0 bridgehead atoms. The molecule has 0 amide bonds. The summed E-state index contributed by atoms with van der Waals surface area (Å²) in [5.41, 5.74) is 3.64. The summed E-state index contributed by atoms with van der Waals surface area (Å²) in [6, 6.07) is 5.90. The zero-order valence-electron chi connectivity index (χ0n) is 17.1. The largest absolute Gasteiger partial charge is 0.412 e. The molecule has 0 atom stereocenters. The normalized spacial score (nSPS) is 16.6. The number of hydrogen-bond acceptors (Lipinski definition) is 3. The number of hydrogen-bond donors (Lipinski definition) is 0. The number of anilines is 1. The van der Waals surface area contributed by atoms with E-state index < -0.39 is 11.7 Å². The third-order valence-electron chi connectivity index (χ3n) is 5.37. The van der Waals surface area contributed by atoms with E-state index in [9.17, 15) is 13.2 Å². The van der Waals surface area contributed by atoms with Crippen molar-refractivity contribution in [2.45, 2.75) is 32.5 Å². The zero-order valence-corrected chi connectivity index (χ0v) is 17.1. The van der Waals surface area contributed by atoms with Crippen LogP contribution >= 0.6 is 0 Å². The Morgan fingerprint density at radius 1 is 1.19 bits per heavy atom. The molecule has 158 valence electrons. The van der Waals surface area contributed by atoms with Gasteiger partial charge in [0, 0.05) is 36.0 Å². The van der Waals surface area contributed by atoms with Crippen molar-refractivity contribution < 1.29 is 17.7 Å². The molecule has 31 heavy (non-hydrogen) atoms. The third kappa shape index (κ3) is 4.08. The Hall–Kier alpha value is -3.48. The van der Waals surface area contributed by atoms with Crippen molar-refractivity contribution in [1.29, 1.82) is 0 Å². The van der Waals surface area contributed by atoms with Crippen molar-refractivity contribution in [2.24, 2.45) is 0 Å². The number of alkyl halides is 3. The van der Waals surface area contributed by atoms with Crippen LogP contribution in [0.15, 0.2) is 96.4 Å². The number of rotatable bonds is 4. The van der Waals surface area contributed by atoms with E-state index in [2.05, 4.69) is 21.1 Å². The van der Waals surface area contributed by atoms with E-state index in [1.165, 1.54) is 12.4 Å². The van der Waals surface area contributed by atoms with Gasteiger partial charge >= 0.3 is 6.18 Å². The highest BCUT2D eigenvalue weighted by Crippen LogP contribution is 2.38. The Labute approximate surface area is 179 Å². The van der Waals surface area contributed by atoms with Crippen molar-refractivity contribution in [3.05, 3.63) is 102 Å². The molecule has 2 aromatic rings. The van der Waals surface area contributed by atoms with E-state index in [1.807, 2.05) is 36.2 Å². The summed E-state index contributed by atoms with van der Waals surface area (Å²) < 4.78 is 41.8. The summed E-state index contributed by atoms with van der Waals surface area (Å²) in [7, 11) is 0. The summed E-state index contributed by atoms with van der Waals surface area (Å²) in [6.07, 6.45) is 9.08. The minimum atomic E-state index is -4.34. The molecule has 0 N–H and O–H groups in total. The van der Waals surface area contributed by atoms with Crippen LogP contribution in [0.25, 0.3) is 5.70 Å². The fourth-order valence-corrected chi connectivity index (χ4v) is 3.91. The van der Waals surface area contributed by atoms with E-state index in [0.29, 0.717) is 13.0 Å². The first-order valence-electron chi connectivity index (χ1n) is 10.00. The van der Waals surface area contributed by atoms with Crippen molar-refractivity contribution in [2.75, 3.05) is 4.90 Å². The minimum Gasteiger partial charge on any atom is -0.244 e. The predicted molar refractivity (Wildman–Crippen MR) is 113 cm³/mol. The fraction of sp³-hybridized carbons (Fsp3) is 0.208. The van der Waals surface area contributed by atoms with Crippen LogP contribution in [-0.2, 0) is 6.54 Å². The molecule has 4 nitrogen and oxygen atoms in total. The highest BCUT2D eigenvalue weighted by atomic mass is 19.4. The van der Waals surface area contributed by atoms with Gasteiger partial charge < -0.3 is 0 Å². The van der Waals surface area contributed by atoms with Crippen LogP contribution in [0.5, 0.6) is 0 Å². The molecule has 2 aliphatic rings. The standard InChI is InChI=1S/C24H22F3N4/c1-3-21-23(19-7-6-8-20(11-10-19)24(25,26)27)17(2)31(15-18-13-28-16-29-14-18)22-9-4-5-12-30(21)22/h4-10,12-14,16H,2-3,11,15H2,1H3/q+1. The first-order valence-corrected chi connectivity index (χ1v) is 10.00. The molecular formula is C24H22F3N4+.